The Hall–Kier alpha value is -2.74. The molecule has 1 aromatic heterocycles. The number of carbonyl (C=O) groups excluding carboxylic acids is 1. The van der Waals surface area contributed by atoms with Gasteiger partial charge in [-0.1, -0.05) is 35.0 Å². The van der Waals surface area contributed by atoms with Crippen LogP contribution in [-0.2, 0) is 4.79 Å². The van der Waals surface area contributed by atoms with Gasteiger partial charge in [0.05, 0.1) is 11.7 Å². The van der Waals surface area contributed by atoms with Crippen LogP contribution in [-0.4, -0.2) is 32.7 Å². The first kappa shape index (κ1) is 18.1. The SMILES string of the molecule is CCC(NC(=O)COc1ccc(-n2cnnn2)cc1)c1ccc(Br)cc1. The fourth-order valence-corrected chi connectivity index (χ4v) is 2.74. The monoisotopic (exact) mass is 415 g/mol. The summed E-state index contributed by atoms with van der Waals surface area (Å²) < 4.78 is 8.11. The van der Waals surface area contributed by atoms with Gasteiger partial charge in [0.2, 0.25) is 0 Å². The van der Waals surface area contributed by atoms with Gasteiger partial charge in [-0.15, -0.1) is 5.10 Å². The van der Waals surface area contributed by atoms with Gasteiger partial charge in [0, 0.05) is 4.47 Å². The normalized spacial score (nSPS) is 11.8. The Kier molecular flexibility index (Phi) is 5.96. The fourth-order valence-electron chi connectivity index (χ4n) is 2.48. The second-order valence-electron chi connectivity index (χ2n) is 5.62. The zero-order valence-electron chi connectivity index (χ0n) is 14.2. The Morgan fingerprint density at radius 2 is 1.92 bits per heavy atom. The van der Waals surface area contributed by atoms with Crippen LogP contribution in [0.5, 0.6) is 5.75 Å². The summed E-state index contributed by atoms with van der Waals surface area (Å²) in [7, 11) is 0. The number of ether oxygens (including phenoxy) is 1. The number of hydrogen-bond donors (Lipinski definition) is 1. The van der Waals surface area contributed by atoms with E-state index >= 15 is 0 Å². The maximum absolute atomic E-state index is 12.2. The van der Waals surface area contributed by atoms with Gasteiger partial charge in [0.15, 0.2) is 6.61 Å². The molecule has 0 aliphatic heterocycles. The van der Waals surface area contributed by atoms with E-state index in [4.69, 9.17) is 4.74 Å². The molecule has 3 aromatic rings. The van der Waals surface area contributed by atoms with Crippen LogP contribution in [0.4, 0.5) is 0 Å². The highest BCUT2D eigenvalue weighted by Crippen LogP contribution is 2.19. The van der Waals surface area contributed by atoms with Crippen LogP contribution in [0.15, 0.2) is 59.3 Å². The van der Waals surface area contributed by atoms with Crippen molar-refractivity contribution in [3.63, 3.8) is 0 Å². The number of hydrogen-bond acceptors (Lipinski definition) is 5. The van der Waals surface area contributed by atoms with Crippen molar-refractivity contribution in [3.8, 4) is 11.4 Å². The van der Waals surface area contributed by atoms with Crippen molar-refractivity contribution in [3.05, 3.63) is 64.9 Å². The van der Waals surface area contributed by atoms with Crippen molar-refractivity contribution in [2.24, 2.45) is 0 Å². The van der Waals surface area contributed by atoms with Gasteiger partial charge in [0.1, 0.15) is 12.1 Å². The number of benzene rings is 2. The van der Waals surface area contributed by atoms with Crippen molar-refractivity contribution in [2.45, 2.75) is 19.4 Å². The molecule has 0 saturated heterocycles. The highest BCUT2D eigenvalue weighted by Gasteiger charge is 2.13. The molecule has 0 fully saturated rings. The van der Waals surface area contributed by atoms with E-state index in [2.05, 4.69) is 36.8 Å². The summed E-state index contributed by atoms with van der Waals surface area (Å²) >= 11 is 3.42. The topological polar surface area (TPSA) is 81.9 Å². The lowest BCUT2D eigenvalue weighted by atomic mass is 10.0. The van der Waals surface area contributed by atoms with E-state index in [9.17, 15) is 4.79 Å². The zero-order valence-corrected chi connectivity index (χ0v) is 15.8. The van der Waals surface area contributed by atoms with Crippen LogP contribution in [0.2, 0.25) is 0 Å². The molecule has 0 bridgehead atoms. The Morgan fingerprint density at radius 1 is 1.19 bits per heavy atom. The molecule has 0 radical (unpaired) electrons. The van der Waals surface area contributed by atoms with Crippen LogP contribution in [0.25, 0.3) is 5.69 Å². The highest BCUT2D eigenvalue weighted by atomic mass is 79.9. The number of amides is 1. The number of halogens is 1. The van der Waals surface area contributed by atoms with Crippen molar-refractivity contribution in [1.29, 1.82) is 0 Å². The molecule has 8 heteroatoms. The molecule has 26 heavy (non-hydrogen) atoms. The fraction of sp³-hybridized carbons (Fsp3) is 0.222. The second kappa shape index (κ2) is 8.57. The van der Waals surface area contributed by atoms with Crippen molar-refractivity contribution >= 4 is 21.8 Å². The molecule has 1 atom stereocenters. The van der Waals surface area contributed by atoms with E-state index in [1.165, 1.54) is 6.33 Å². The predicted molar refractivity (Wildman–Crippen MR) is 100.0 cm³/mol. The molecule has 1 N–H and O–H groups in total. The van der Waals surface area contributed by atoms with Gasteiger partial charge in [-0.05, 0) is 58.8 Å². The van der Waals surface area contributed by atoms with Gasteiger partial charge in [-0.25, -0.2) is 4.68 Å². The van der Waals surface area contributed by atoms with Crippen LogP contribution < -0.4 is 10.1 Å². The van der Waals surface area contributed by atoms with Crippen LogP contribution >= 0.6 is 15.9 Å². The molecular formula is C18H18BrN5O2. The van der Waals surface area contributed by atoms with Gasteiger partial charge >= 0.3 is 0 Å². The van der Waals surface area contributed by atoms with Gasteiger partial charge in [0.25, 0.3) is 5.91 Å². The summed E-state index contributed by atoms with van der Waals surface area (Å²) in [5.74, 6) is 0.443. The summed E-state index contributed by atoms with van der Waals surface area (Å²) in [6.07, 6.45) is 2.31. The lowest BCUT2D eigenvalue weighted by Gasteiger charge is -2.18. The molecule has 1 amide bonds. The molecule has 2 aromatic carbocycles. The summed E-state index contributed by atoms with van der Waals surface area (Å²) in [5, 5.41) is 14.0. The summed E-state index contributed by atoms with van der Waals surface area (Å²) in [5.41, 5.74) is 1.88. The van der Waals surface area contributed by atoms with Gasteiger partial charge in [-0.2, -0.15) is 0 Å². The zero-order chi connectivity index (χ0) is 18.4. The number of aromatic nitrogens is 4. The van der Waals surface area contributed by atoms with Crippen LogP contribution in [0.3, 0.4) is 0 Å². The number of carbonyl (C=O) groups is 1. The van der Waals surface area contributed by atoms with Crippen LogP contribution in [0.1, 0.15) is 24.9 Å². The second-order valence-corrected chi connectivity index (χ2v) is 6.53. The molecule has 1 unspecified atom stereocenters. The Labute approximate surface area is 159 Å². The molecule has 0 saturated carbocycles. The Balaban J connectivity index is 1.54. The predicted octanol–water partition coefficient (Wildman–Crippen LogP) is 3.07. The molecule has 0 aliphatic carbocycles. The molecule has 3 rings (SSSR count). The van der Waals surface area contributed by atoms with Crippen molar-refractivity contribution in [1.82, 2.24) is 25.5 Å². The van der Waals surface area contributed by atoms with Crippen molar-refractivity contribution < 1.29 is 9.53 Å². The highest BCUT2D eigenvalue weighted by molar-refractivity contribution is 9.10. The van der Waals surface area contributed by atoms with Crippen molar-refractivity contribution in [2.75, 3.05) is 6.61 Å². The summed E-state index contributed by atoms with van der Waals surface area (Å²) in [6, 6.07) is 15.1. The Bertz CT molecular complexity index is 835. The number of rotatable bonds is 7. The van der Waals surface area contributed by atoms with Crippen LogP contribution in [0, 0.1) is 0 Å². The molecule has 134 valence electrons. The third kappa shape index (κ3) is 4.66. The minimum atomic E-state index is -0.163. The van der Waals surface area contributed by atoms with Gasteiger partial charge in [-0.3, -0.25) is 4.79 Å². The number of nitrogens with zero attached hydrogens (tertiary/aromatic N) is 4. The molecule has 0 spiro atoms. The first-order chi connectivity index (χ1) is 12.7. The molecule has 0 aliphatic rings. The van der Waals surface area contributed by atoms with E-state index in [1.54, 1.807) is 16.8 Å². The smallest absolute Gasteiger partial charge is 0.258 e. The molecule has 7 nitrogen and oxygen atoms in total. The minimum Gasteiger partial charge on any atom is -0.484 e. The maximum atomic E-state index is 12.2. The first-order valence-electron chi connectivity index (χ1n) is 8.16. The summed E-state index contributed by atoms with van der Waals surface area (Å²) in [6.45, 7) is 1.99. The van der Waals surface area contributed by atoms with E-state index in [0.717, 1.165) is 22.1 Å². The molecular weight excluding hydrogens is 398 g/mol. The Morgan fingerprint density at radius 3 is 2.54 bits per heavy atom. The lowest BCUT2D eigenvalue weighted by Crippen LogP contribution is -2.32. The maximum Gasteiger partial charge on any atom is 0.258 e. The standard InChI is InChI=1S/C18H18BrN5O2/c1-2-17(13-3-5-14(19)6-4-13)21-18(25)11-26-16-9-7-15(8-10-16)24-12-20-22-23-24/h3-10,12,17H,2,11H2,1H3,(H,21,25). The third-order valence-electron chi connectivity index (χ3n) is 3.84. The largest absolute Gasteiger partial charge is 0.484 e. The lowest BCUT2D eigenvalue weighted by molar-refractivity contribution is -0.123. The van der Waals surface area contributed by atoms with E-state index < -0.39 is 0 Å². The molecule has 1 heterocycles. The van der Waals surface area contributed by atoms with E-state index in [1.807, 2.05) is 43.3 Å². The third-order valence-corrected chi connectivity index (χ3v) is 4.36. The number of tetrazole rings is 1. The van der Waals surface area contributed by atoms with Gasteiger partial charge < -0.3 is 10.1 Å². The quantitative estimate of drug-likeness (QED) is 0.640. The average Bonchev–Trinajstić information content (AvgIpc) is 3.20. The summed E-state index contributed by atoms with van der Waals surface area (Å²) in [4.78, 5) is 12.2. The minimum absolute atomic E-state index is 0.0404. The van der Waals surface area contributed by atoms with E-state index in [0.29, 0.717) is 5.75 Å². The number of nitrogens with one attached hydrogen (secondary N) is 1. The average molecular weight is 416 g/mol. The first-order valence-corrected chi connectivity index (χ1v) is 8.96. The van der Waals surface area contributed by atoms with E-state index in [-0.39, 0.29) is 18.6 Å².